The van der Waals surface area contributed by atoms with Gasteiger partial charge in [0, 0.05) is 5.56 Å². The normalized spacial score (nSPS) is 16.5. The molecule has 1 aliphatic rings. The van der Waals surface area contributed by atoms with E-state index in [9.17, 15) is 13.2 Å². The summed E-state index contributed by atoms with van der Waals surface area (Å²) in [5, 5.41) is 2.76. The second-order valence-electron chi connectivity index (χ2n) is 7.25. The molecule has 1 aliphatic heterocycles. The first-order chi connectivity index (χ1) is 15.4. The summed E-state index contributed by atoms with van der Waals surface area (Å²) in [4.78, 5) is 25.8. The third-order valence-electron chi connectivity index (χ3n) is 5.08. The van der Waals surface area contributed by atoms with Gasteiger partial charge in [0.15, 0.2) is 0 Å². The number of benzene rings is 2. The maximum absolute atomic E-state index is 12.6. The van der Waals surface area contributed by atoms with Crippen molar-refractivity contribution in [3.8, 4) is 5.82 Å². The van der Waals surface area contributed by atoms with Crippen LogP contribution in [0.3, 0.4) is 0 Å². The van der Waals surface area contributed by atoms with Crippen LogP contribution in [0.5, 0.6) is 0 Å². The quantitative estimate of drug-likeness (QED) is 0.499. The Labute approximate surface area is 183 Å². The van der Waals surface area contributed by atoms with E-state index in [0.29, 0.717) is 17.1 Å². The average molecular weight is 446 g/mol. The van der Waals surface area contributed by atoms with Crippen molar-refractivity contribution in [2.45, 2.75) is 17.9 Å². The van der Waals surface area contributed by atoms with E-state index in [1.165, 1.54) is 6.07 Å². The van der Waals surface area contributed by atoms with E-state index in [-0.39, 0.29) is 16.6 Å². The fourth-order valence-corrected chi connectivity index (χ4v) is 4.71. The van der Waals surface area contributed by atoms with Crippen molar-refractivity contribution in [2.75, 3.05) is 5.32 Å². The Morgan fingerprint density at radius 3 is 2.66 bits per heavy atom. The molecule has 4 aromatic rings. The summed E-state index contributed by atoms with van der Waals surface area (Å²) in [5.74, 6) is 0.439. The predicted molar refractivity (Wildman–Crippen MR) is 120 cm³/mol. The maximum Gasteiger partial charge on any atom is 0.263 e. The lowest BCUT2D eigenvalue weighted by Crippen LogP contribution is -2.28. The number of nitrogens with zero attached hydrogens (tertiary/aromatic N) is 4. The molecule has 2 aromatic carbocycles. The molecule has 0 radical (unpaired) electrons. The molecule has 2 N–H and O–H groups in total. The Balaban J connectivity index is 1.33. The Morgan fingerprint density at radius 2 is 1.84 bits per heavy atom. The third kappa shape index (κ3) is 3.50. The Hall–Kier alpha value is -4.05. The number of hydrogen-bond acceptors (Lipinski definition) is 6. The van der Waals surface area contributed by atoms with E-state index >= 15 is 0 Å². The van der Waals surface area contributed by atoms with Crippen molar-refractivity contribution >= 4 is 38.5 Å². The Bertz CT molecular complexity index is 1480. The third-order valence-corrected chi connectivity index (χ3v) is 6.48. The first-order valence-electron chi connectivity index (χ1n) is 9.82. The fraction of sp³-hybridized carbons (Fsp3) is 0.0909. The molecular formula is C22H18N6O3S. The largest absolute Gasteiger partial charge is 0.323 e. The summed E-state index contributed by atoms with van der Waals surface area (Å²) in [7, 11) is -3.66. The summed E-state index contributed by atoms with van der Waals surface area (Å²) in [5.41, 5.74) is 2.75. The lowest BCUT2D eigenvalue weighted by Gasteiger charge is -2.10. The van der Waals surface area contributed by atoms with E-state index in [2.05, 4.69) is 25.0 Å². The van der Waals surface area contributed by atoms with Crippen LogP contribution in [0.25, 0.3) is 16.9 Å². The number of carbonyl (C=O) groups excluding carboxylic acids is 1. The molecule has 10 heteroatoms. The first kappa shape index (κ1) is 19.9. The number of nitrogens with one attached hydrogen (secondary N) is 2. The first-order valence-corrected chi connectivity index (χ1v) is 11.3. The molecular weight excluding hydrogens is 428 g/mol. The lowest BCUT2D eigenvalue weighted by atomic mass is 10.2. The SMILES string of the molecule is C[C@H](N=C1NS(=O)(=O)c2ccccc21)C(=O)Nc1ccc(-n2cnc3ccccc32)nc1. The molecule has 3 heterocycles. The lowest BCUT2D eigenvalue weighted by molar-refractivity contribution is -0.117. The summed E-state index contributed by atoms with van der Waals surface area (Å²) in [6.07, 6.45) is 3.25. The zero-order chi connectivity index (χ0) is 22.3. The number of sulfonamides is 1. The number of anilines is 1. The molecule has 0 bridgehead atoms. The molecule has 2 aromatic heterocycles. The van der Waals surface area contributed by atoms with Crippen molar-refractivity contribution in [1.82, 2.24) is 19.3 Å². The predicted octanol–water partition coefficient (Wildman–Crippen LogP) is 2.49. The number of carbonyl (C=O) groups is 1. The number of para-hydroxylation sites is 2. The number of rotatable bonds is 4. The standard InChI is InChI=1S/C22H18N6O3S/c1-14(25-21-16-6-2-5-9-19(16)32(30,31)27-21)22(29)26-15-10-11-20(23-12-15)28-13-24-17-7-3-4-8-18(17)28/h2-14H,1H3,(H,25,27)(H,26,29)/t14-/m0/s1. The molecule has 1 amide bonds. The van der Waals surface area contributed by atoms with Crippen LogP contribution in [0.15, 0.2) is 83.1 Å². The van der Waals surface area contributed by atoms with Crippen molar-refractivity contribution in [3.05, 3.63) is 78.8 Å². The molecule has 32 heavy (non-hydrogen) atoms. The van der Waals surface area contributed by atoms with Gasteiger partial charge < -0.3 is 5.32 Å². The molecule has 0 spiro atoms. The van der Waals surface area contributed by atoms with Gasteiger partial charge in [0.1, 0.15) is 24.0 Å². The highest BCUT2D eigenvalue weighted by molar-refractivity contribution is 7.90. The van der Waals surface area contributed by atoms with Crippen LogP contribution in [0.1, 0.15) is 12.5 Å². The van der Waals surface area contributed by atoms with Crippen LogP contribution in [0, 0.1) is 0 Å². The second-order valence-corrected chi connectivity index (χ2v) is 8.90. The Kier molecular flexibility index (Phi) is 4.71. The van der Waals surface area contributed by atoms with Gasteiger partial charge in [-0.2, -0.15) is 0 Å². The van der Waals surface area contributed by atoms with Crippen molar-refractivity contribution in [2.24, 2.45) is 4.99 Å². The van der Waals surface area contributed by atoms with Crippen LogP contribution in [-0.4, -0.2) is 40.7 Å². The number of pyridine rings is 1. The van der Waals surface area contributed by atoms with Crippen LogP contribution < -0.4 is 10.0 Å². The number of imidazole rings is 1. The molecule has 0 saturated carbocycles. The van der Waals surface area contributed by atoms with Crippen molar-refractivity contribution in [1.29, 1.82) is 0 Å². The highest BCUT2D eigenvalue weighted by Gasteiger charge is 2.31. The van der Waals surface area contributed by atoms with E-state index in [4.69, 9.17) is 0 Å². The highest BCUT2D eigenvalue weighted by Crippen LogP contribution is 2.23. The zero-order valence-electron chi connectivity index (χ0n) is 16.9. The summed E-state index contributed by atoms with van der Waals surface area (Å²) in [6, 6.07) is 16.9. The summed E-state index contributed by atoms with van der Waals surface area (Å²) < 4.78 is 28.7. The number of amidine groups is 1. The average Bonchev–Trinajstić information content (AvgIpc) is 3.33. The van der Waals surface area contributed by atoms with Gasteiger partial charge in [-0.05, 0) is 43.3 Å². The van der Waals surface area contributed by atoms with Crippen LogP contribution >= 0.6 is 0 Å². The zero-order valence-corrected chi connectivity index (χ0v) is 17.7. The molecule has 5 rings (SSSR count). The van der Waals surface area contributed by atoms with Gasteiger partial charge in [-0.15, -0.1) is 0 Å². The van der Waals surface area contributed by atoms with Crippen LogP contribution in [-0.2, 0) is 14.8 Å². The molecule has 0 unspecified atom stereocenters. The molecule has 1 atom stereocenters. The van der Waals surface area contributed by atoms with E-state index in [1.54, 1.807) is 49.8 Å². The second kappa shape index (κ2) is 7.57. The minimum Gasteiger partial charge on any atom is -0.323 e. The maximum atomic E-state index is 12.6. The van der Waals surface area contributed by atoms with Gasteiger partial charge in [0.2, 0.25) is 5.91 Å². The van der Waals surface area contributed by atoms with Gasteiger partial charge in [-0.25, -0.2) is 18.4 Å². The highest BCUT2D eigenvalue weighted by atomic mass is 32.2. The fourth-order valence-electron chi connectivity index (χ4n) is 3.47. The minimum atomic E-state index is -3.66. The van der Waals surface area contributed by atoms with E-state index < -0.39 is 16.1 Å². The topological polar surface area (TPSA) is 118 Å². The Morgan fingerprint density at radius 1 is 1.06 bits per heavy atom. The molecule has 0 saturated heterocycles. The van der Waals surface area contributed by atoms with Gasteiger partial charge in [0.25, 0.3) is 10.0 Å². The molecule has 160 valence electrons. The van der Waals surface area contributed by atoms with Gasteiger partial charge in [-0.3, -0.25) is 19.1 Å². The van der Waals surface area contributed by atoms with Gasteiger partial charge in [-0.1, -0.05) is 24.3 Å². The monoisotopic (exact) mass is 446 g/mol. The number of aromatic nitrogens is 3. The molecule has 9 nitrogen and oxygen atoms in total. The number of fused-ring (bicyclic) bond motifs is 2. The van der Waals surface area contributed by atoms with Gasteiger partial charge in [0.05, 0.1) is 27.8 Å². The smallest absolute Gasteiger partial charge is 0.263 e. The number of amides is 1. The van der Waals surface area contributed by atoms with E-state index in [1.807, 2.05) is 28.8 Å². The molecule has 0 fully saturated rings. The van der Waals surface area contributed by atoms with Crippen molar-refractivity contribution < 1.29 is 13.2 Å². The van der Waals surface area contributed by atoms with Gasteiger partial charge >= 0.3 is 0 Å². The van der Waals surface area contributed by atoms with E-state index in [0.717, 1.165) is 11.0 Å². The minimum absolute atomic E-state index is 0.151. The summed E-state index contributed by atoms with van der Waals surface area (Å²) in [6.45, 7) is 1.59. The summed E-state index contributed by atoms with van der Waals surface area (Å²) >= 11 is 0. The number of hydrogen-bond donors (Lipinski definition) is 2. The van der Waals surface area contributed by atoms with Crippen molar-refractivity contribution in [3.63, 3.8) is 0 Å². The molecule has 0 aliphatic carbocycles. The number of aliphatic imine (C=N–C) groups is 1. The van der Waals surface area contributed by atoms with Crippen LogP contribution in [0.4, 0.5) is 5.69 Å². The van der Waals surface area contributed by atoms with Crippen LogP contribution in [0.2, 0.25) is 0 Å².